The van der Waals surface area contributed by atoms with Crippen LogP contribution in [0.2, 0.25) is 0 Å². The Hall–Kier alpha value is -1.42. The minimum Gasteiger partial charge on any atom is -0.497 e. The minimum atomic E-state index is 0.155. The molecule has 18 heavy (non-hydrogen) atoms. The summed E-state index contributed by atoms with van der Waals surface area (Å²) in [5.74, 6) is 0.770. The van der Waals surface area contributed by atoms with E-state index >= 15 is 0 Å². The summed E-state index contributed by atoms with van der Waals surface area (Å²) in [6.07, 6.45) is 4.91. The Balaban J connectivity index is 2.23. The zero-order valence-electron chi connectivity index (χ0n) is 10.9. The fourth-order valence-electron chi connectivity index (χ4n) is 2.74. The summed E-state index contributed by atoms with van der Waals surface area (Å²) >= 11 is 0. The second kappa shape index (κ2) is 5.96. The van der Waals surface area contributed by atoms with Gasteiger partial charge in [0.05, 0.1) is 25.1 Å². The molecule has 3 N–H and O–H groups in total. The number of methoxy groups -OCH3 is 1. The Kier molecular flexibility index (Phi) is 4.31. The number of nitrogens with zero attached hydrogens (tertiary/aromatic N) is 1. The number of hydrogen-bond acceptors (Lipinski definition) is 4. The van der Waals surface area contributed by atoms with E-state index in [4.69, 9.17) is 10.5 Å². The van der Waals surface area contributed by atoms with Gasteiger partial charge in [0.25, 0.3) is 0 Å². The number of nitrogens with two attached hydrogens (primary N) is 1. The fraction of sp³-hybridized carbons (Fsp3) is 0.571. The van der Waals surface area contributed by atoms with Crippen molar-refractivity contribution in [3.05, 3.63) is 18.2 Å². The highest BCUT2D eigenvalue weighted by molar-refractivity contribution is 5.70. The smallest absolute Gasteiger partial charge is 0.121 e. The topological polar surface area (TPSA) is 58.7 Å². The number of rotatable bonds is 5. The summed E-state index contributed by atoms with van der Waals surface area (Å²) in [6, 6.07) is 6.26. The number of nitrogen functional groups attached to an aromatic ring is 1. The van der Waals surface area contributed by atoms with Gasteiger partial charge >= 0.3 is 0 Å². The lowest BCUT2D eigenvalue weighted by Gasteiger charge is -2.31. The molecule has 4 heteroatoms. The summed E-state index contributed by atoms with van der Waals surface area (Å²) < 4.78 is 5.17. The van der Waals surface area contributed by atoms with E-state index in [9.17, 15) is 5.11 Å². The summed E-state index contributed by atoms with van der Waals surface area (Å²) in [5, 5.41) is 9.24. The van der Waals surface area contributed by atoms with E-state index in [0.29, 0.717) is 12.6 Å². The first-order chi connectivity index (χ1) is 8.76. The van der Waals surface area contributed by atoms with Crippen molar-refractivity contribution >= 4 is 11.4 Å². The van der Waals surface area contributed by atoms with Crippen LogP contribution >= 0.6 is 0 Å². The molecule has 2 rings (SSSR count). The molecule has 0 aliphatic heterocycles. The molecule has 1 aromatic carbocycles. The Bertz CT molecular complexity index is 389. The van der Waals surface area contributed by atoms with E-state index in [1.807, 2.05) is 18.2 Å². The first kappa shape index (κ1) is 13.0. The number of benzene rings is 1. The van der Waals surface area contributed by atoms with Crippen LogP contribution in [0, 0.1) is 0 Å². The lowest BCUT2D eigenvalue weighted by Crippen LogP contribution is -2.36. The molecule has 0 amide bonds. The third-order valence-corrected chi connectivity index (χ3v) is 3.65. The highest BCUT2D eigenvalue weighted by Crippen LogP contribution is 2.33. The van der Waals surface area contributed by atoms with Gasteiger partial charge in [-0.05, 0) is 25.0 Å². The molecule has 0 unspecified atom stereocenters. The van der Waals surface area contributed by atoms with E-state index in [1.165, 1.54) is 25.7 Å². The molecule has 0 atom stereocenters. The van der Waals surface area contributed by atoms with Gasteiger partial charge in [-0.25, -0.2) is 0 Å². The molecule has 1 aromatic rings. The highest BCUT2D eigenvalue weighted by atomic mass is 16.5. The standard InChI is InChI=1S/C14H22N2O2/c1-18-12-6-7-14(13(15)10-12)16(8-9-17)11-4-2-3-5-11/h6-7,10-11,17H,2-5,8-9,15H2,1H3. The van der Waals surface area contributed by atoms with Crippen LogP contribution in [-0.4, -0.2) is 31.4 Å². The lowest BCUT2D eigenvalue weighted by atomic mass is 10.1. The summed E-state index contributed by atoms with van der Waals surface area (Å²) in [4.78, 5) is 2.24. The van der Waals surface area contributed by atoms with Crippen LogP contribution in [0.1, 0.15) is 25.7 Å². The third kappa shape index (κ3) is 2.70. The molecule has 0 heterocycles. The van der Waals surface area contributed by atoms with Crippen LogP contribution in [0.25, 0.3) is 0 Å². The first-order valence-corrected chi connectivity index (χ1v) is 6.57. The monoisotopic (exact) mass is 250 g/mol. The molecule has 100 valence electrons. The predicted molar refractivity (Wildman–Crippen MR) is 74.1 cm³/mol. The second-order valence-corrected chi connectivity index (χ2v) is 4.78. The van der Waals surface area contributed by atoms with Crippen molar-refractivity contribution in [2.45, 2.75) is 31.7 Å². The Morgan fingerprint density at radius 2 is 2.11 bits per heavy atom. The Labute approximate surface area is 108 Å². The number of hydrogen-bond donors (Lipinski definition) is 2. The van der Waals surface area contributed by atoms with Gasteiger partial charge < -0.3 is 20.5 Å². The van der Waals surface area contributed by atoms with Crippen molar-refractivity contribution in [1.29, 1.82) is 0 Å². The van der Waals surface area contributed by atoms with E-state index < -0.39 is 0 Å². The Morgan fingerprint density at radius 3 is 2.67 bits per heavy atom. The first-order valence-electron chi connectivity index (χ1n) is 6.57. The van der Waals surface area contributed by atoms with Crippen molar-refractivity contribution in [3.8, 4) is 5.75 Å². The average molecular weight is 250 g/mol. The van der Waals surface area contributed by atoms with E-state index in [2.05, 4.69) is 4.90 Å². The molecule has 4 nitrogen and oxygen atoms in total. The SMILES string of the molecule is COc1ccc(N(CCO)C2CCCC2)c(N)c1. The van der Waals surface area contributed by atoms with Crippen LogP contribution in [0.15, 0.2) is 18.2 Å². The number of ether oxygens (including phenoxy) is 1. The third-order valence-electron chi connectivity index (χ3n) is 3.65. The largest absolute Gasteiger partial charge is 0.497 e. The minimum absolute atomic E-state index is 0.155. The molecule has 1 aliphatic carbocycles. The van der Waals surface area contributed by atoms with Crippen LogP contribution in [0.5, 0.6) is 5.75 Å². The average Bonchev–Trinajstić information content (AvgIpc) is 2.90. The van der Waals surface area contributed by atoms with Gasteiger partial charge in [0.1, 0.15) is 5.75 Å². The molecule has 1 aliphatic rings. The van der Waals surface area contributed by atoms with Gasteiger partial charge in [-0.15, -0.1) is 0 Å². The molecular formula is C14H22N2O2. The molecule has 0 bridgehead atoms. The maximum absolute atomic E-state index is 9.24. The fourth-order valence-corrected chi connectivity index (χ4v) is 2.74. The molecule has 1 saturated carbocycles. The predicted octanol–water partition coefficient (Wildman–Crippen LogP) is 2.02. The molecule has 0 aromatic heterocycles. The van der Waals surface area contributed by atoms with Crippen LogP contribution in [0.4, 0.5) is 11.4 Å². The van der Waals surface area contributed by atoms with Gasteiger partial charge in [-0.1, -0.05) is 12.8 Å². The second-order valence-electron chi connectivity index (χ2n) is 4.78. The van der Waals surface area contributed by atoms with Gasteiger partial charge in [0.2, 0.25) is 0 Å². The number of anilines is 2. The van der Waals surface area contributed by atoms with Crippen molar-refractivity contribution < 1.29 is 9.84 Å². The van der Waals surface area contributed by atoms with Gasteiger partial charge in [0.15, 0.2) is 0 Å². The lowest BCUT2D eigenvalue weighted by molar-refractivity contribution is 0.297. The normalized spacial score (nSPS) is 15.9. The van der Waals surface area contributed by atoms with Crippen LogP contribution < -0.4 is 15.4 Å². The van der Waals surface area contributed by atoms with E-state index in [0.717, 1.165) is 17.1 Å². The van der Waals surface area contributed by atoms with Gasteiger partial charge in [0, 0.05) is 18.7 Å². The molecule has 0 spiro atoms. The van der Waals surface area contributed by atoms with E-state index in [1.54, 1.807) is 7.11 Å². The quantitative estimate of drug-likeness (QED) is 0.785. The van der Waals surface area contributed by atoms with Crippen molar-refractivity contribution in [2.75, 3.05) is 30.9 Å². The van der Waals surface area contributed by atoms with Crippen LogP contribution in [-0.2, 0) is 0 Å². The summed E-state index contributed by atoms with van der Waals surface area (Å²) in [6.45, 7) is 0.795. The maximum Gasteiger partial charge on any atom is 0.121 e. The summed E-state index contributed by atoms with van der Waals surface area (Å²) in [7, 11) is 1.64. The Morgan fingerprint density at radius 1 is 1.39 bits per heavy atom. The zero-order chi connectivity index (χ0) is 13.0. The molecule has 0 saturated heterocycles. The van der Waals surface area contributed by atoms with Crippen molar-refractivity contribution in [2.24, 2.45) is 0 Å². The summed E-state index contributed by atoms with van der Waals surface area (Å²) in [5.41, 5.74) is 7.82. The van der Waals surface area contributed by atoms with Crippen molar-refractivity contribution in [1.82, 2.24) is 0 Å². The van der Waals surface area contributed by atoms with Gasteiger partial charge in [-0.3, -0.25) is 0 Å². The van der Waals surface area contributed by atoms with Crippen molar-refractivity contribution in [3.63, 3.8) is 0 Å². The number of aliphatic hydroxyl groups is 1. The van der Waals surface area contributed by atoms with Crippen LogP contribution in [0.3, 0.4) is 0 Å². The van der Waals surface area contributed by atoms with E-state index in [-0.39, 0.29) is 6.61 Å². The molecular weight excluding hydrogens is 228 g/mol. The number of aliphatic hydroxyl groups excluding tert-OH is 1. The molecule has 0 radical (unpaired) electrons. The zero-order valence-corrected chi connectivity index (χ0v) is 10.9. The molecule has 1 fully saturated rings. The van der Waals surface area contributed by atoms with Gasteiger partial charge in [-0.2, -0.15) is 0 Å². The maximum atomic E-state index is 9.24. The highest BCUT2D eigenvalue weighted by Gasteiger charge is 2.23.